The zero-order valence-corrected chi connectivity index (χ0v) is 17.9. The highest BCUT2D eigenvalue weighted by molar-refractivity contribution is 7.09. The van der Waals surface area contributed by atoms with Gasteiger partial charge in [0, 0.05) is 44.0 Å². The van der Waals surface area contributed by atoms with Gasteiger partial charge in [0.05, 0.1) is 6.54 Å². The largest absolute Gasteiger partial charge is 0.360 e. The molecular weight excluding hydrogens is 378 g/mol. The van der Waals surface area contributed by atoms with Crippen LogP contribution in [0.25, 0.3) is 0 Å². The van der Waals surface area contributed by atoms with Gasteiger partial charge in [-0.25, -0.2) is 9.97 Å². The Bertz CT molecular complexity index is 700. The van der Waals surface area contributed by atoms with Crippen LogP contribution < -0.4 is 10.2 Å². The highest BCUT2D eigenvalue weighted by Gasteiger charge is 2.56. The molecule has 1 aliphatic heterocycles. The van der Waals surface area contributed by atoms with E-state index < -0.39 is 0 Å². The topological polar surface area (TPSA) is 44.3 Å². The summed E-state index contributed by atoms with van der Waals surface area (Å²) in [6.07, 6.45) is 7.93. The van der Waals surface area contributed by atoms with Crippen molar-refractivity contribution in [1.29, 1.82) is 0 Å². The molecule has 1 saturated carbocycles. The fourth-order valence-corrected chi connectivity index (χ4v) is 4.86. The molecule has 0 amide bonds. The molecule has 2 aromatic heterocycles. The molecule has 27 heavy (non-hydrogen) atoms. The highest BCUT2D eigenvalue weighted by atomic mass is 35.5. The van der Waals surface area contributed by atoms with Gasteiger partial charge in [-0.1, -0.05) is 6.07 Å². The van der Waals surface area contributed by atoms with Crippen LogP contribution in [-0.2, 0) is 13.1 Å². The van der Waals surface area contributed by atoms with Crippen LogP contribution in [0.4, 0.5) is 5.82 Å². The molecule has 4 rings (SSSR count). The first-order valence-electron chi connectivity index (χ1n) is 9.69. The molecule has 1 saturated heterocycles. The van der Waals surface area contributed by atoms with E-state index in [-0.39, 0.29) is 12.4 Å². The number of piperidine rings is 1. The Morgan fingerprint density at radius 3 is 2.67 bits per heavy atom. The third-order valence-electron chi connectivity index (χ3n) is 6.07. The molecule has 1 N–H and O–H groups in total. The van der Waals surface area contributed by atoms with E-state index in [0.717, 1.165) is 25.5 Å². The van der Waals surface area contributed by atoms with E-state index >= 15 is 0 Å². The summed E-state index contributed by atoms with van der Waals surface area (Å²) >= 11 is 1.76. The molecule has 2 aliphatic rings. The van der Waals surface area contributed by atoms with Crippen molar-refractivity contribution in [2.24, 2.45) is 5.41 Å². The van der Waals surface area contributed by atoms with Crippen LogP contribution in [0.15, 0.2) is 29.9 Å². The Morgan fingerprint density at radius 1 is 1.22 bits per heavy atom. The van der Waals surface area contributed by atoms with Gasteiger partial charge in [-0.2, -0.15) is 0 Å². The van der Waals surface area contributed by atoms with Crippen LogP contribution in [0.1, 0.15) is 36.8 Å². The lowest BCUT2D eigenvalue weighted by atomic mass is 9.93. The number of rotatable bonds is 7. The number of nitrogens with zero attached hydrogens (tertiary/aromatic N) is 4. The standard InChI is InChI=1S/C20H29N5S.ClH/c1-3-24(2)18-5-4-16(13-23-18)14-25(15-19-22-10-11-26-19)17-12-20(17)6-8-21-9-7-20;/h4-5,10-11,13,17,21H,3,6-9,12,14-15H2,1-2H3;1H. The molecule has 1 spiro atoms. The second-order valence-corrected chi connectivity index (χ2v) is 8.68. The van der Waals surface area contributed by atoms with Gasteiger partial charge in [-0.3, -0.25) is 4.90 Å². The summed E-state index contributed by atoms with van der Waals surface area (Å²) in [5, 5.41) is 6.81. The molecule has 0 bridgehead atoms. The zero-order valence-electron chi connectivity index (χ0n) is 16.2. The Labute approximate surface area is 172 Å². The number of hydrogen-bond acceptors (Lipinski definition) is 6. The molecule has 1 atom stereocenters. The molecular formula is C20H30ClN5S. The summed E-state index contributed by atoms with van der Waals surface area (Å²) in [6.45, 7) is 7.37. The van der Waals surface area contributed by atoms with E-state index in [2.05, 4.69) is 56.6 Å². The Hall–Kier alpha value is -1.21. The van der Waals surface area contributed by atoms with Crippen molar-refractivity contribution in [3.05, 3.63) is 40.5 Å². The van der Waals surface area contributed by atoms with Gasteiger partial charge >= 0.3 is 0 Å². The third kappa shape index (κ3) is 4.62. The summed E-state index contributed by atoms with van der Waals surface area (Å²) < 4.78 is 0. The molecule has 1 aliphatic carbocycles. The third-order valence-corrected chi connectivity index (χ3v) is 6.83. The molecule has 0 radical (unpaired) electrons. The van der Waals surface area contributed by atoms with Crippen LogP contribution in [0.5, 0.6) is 0 Å². The molecule has 5 nitrogen and oxygen atoms in total. The fourth-order valence-electron chi connectivity index (χ4n) is 4.22. The minimum absolute atomic E-state index is 0. The zero-order chi connectivity index (χ0) is 18.0. The first kappa shape index (κ1) is 20.5. The normalized spacial score (nSPS) is 20.5. The molecule has 2 fully saturated rings. The predicted molar refractivity (Wildman–Crippen MR) is 115 cm³/mol. The van der Waals surface area contributed by atoms with Gasteiger partial charge < -0.3 is 10.2 Å². The lowest BCUT2D eigenvalue weighted by Gasteiger charge is -2.29. The van der Waals surface area contributed by atoms with Crippen molar-refractivity contribution in [3.8, 4) is 0 Å². The van der Waals surface area contributed by atoms with Crippen LogP contribution >= 0.6 is 23.7 Å². The summed E-state index contributed by atoms with van der Waals surface area (Å²) in [7, 11) is 2.09. The first-order valence-corrected chi connectivity index (χ1v) is 10.6. The van der Waals surface area contributed by atoms with E-state index in [0.29, 0.717) is 11.5 Å². The summed E-state index contributed by atoms with van der Waals surface area (Å²) in [5.41, 5.74) is 1.84. The maximum Gasteiger partial charge on any atom is 0.128 e. The number of aromatic nitrogens is 2. The van der Waals surface area contributed by atoms with Gasteiger partial charge in [0.15, 0.2) is 0 Å². The highest BCUT2D eigenvalue weighted by Crippen LogP contribution is 2.56. The van der Waals surface area contributed by atoms with E-state index in [9.17, 15) is 0 Å². The Balaban J connectivity index is 0.00000210. The summed E-state index contributed by atoms with van der Waals surface area (Å²) in [5.74, 6) is 1.05. The number of hydrogen-bond donors (Lipinski definition) is 1. The maximum absolute atomic E-state index is 4.66. The van der Waals surface area contributed by atoms with Crippen molar-refractivity contribution in [3.63, 3.8) is 0 Å². The molecule has 2 aromatic rings. The molecule has 3 heterocycles. The minimum atomic E-state index is 0. The van der Waals surface area contributed by atoms with Crippen LogP contribution in [0.2, 0.25) is 0 Å². The van der Waals surface area contributed by atoms with Crippen molar-refractivity contribution in [2.75, 3.05) is 31.6 Å². The second kappa shape index (κ2) is 8.86. The average molecular weight is 408 g/mol. The van der Waals surface area contributed by atoms with Gasteiger partial charge in [0.2, 0.25) is 0 Å². The van der Waals surface area contributed by atoms with Crippen molar-refractivity contribution >= 4 is 29.6 Å². The lowest BCUT2D eigenvalue weighted by molar-refractivity contribution is 0.187. The van der Waals surface area contributed by atoms with E-state index in [4.69, 9.17) is 0 Å². The van der Waals surface area contributed by atoms with Gasteiger partial charge in [0.25, 0.3) is 0 Å². The van der Waals surface area contributed by atoms with Crippen LogP contribution in [-0.4, -0.2) is 47.6 Å². The number of anilines is 1. The minimum Gasteiger partial charge on any atom is -0.360 e. The summed E-state index contributed by atoms with van der Waals surface area (Å²) in [6, 6.07) is 5.07. The van der Waals surface area contributed by atoms with E-state index in [1.807, 2.05) is 12.4 Å². The van der Waals surface area contributed by atoms with E-state index in [1.54, 1.807) is 11.3 Å². The number of thiazole rings is 1. The monoisotopic (exact) mass is 407 g/mol. The smallest absolute Gasteiger partial charge is 0.128 e. The van der Waals surface area contributed by atoms with Crippen molar-refractivity contribution < 1.29 is 0 Å². The molecule has 0 aromatic carbocycles. The predicted octanol–water partition coefficient (Wildman–Crippen LogP) is 3.56. The quantitative estimate of drug-likeness (QED) is 0.760. The molecule has 7 heteroatoms. The molecule has 148 valence electrons. The van der Waals surface area contributed by atoms with Crippen molar-refractivity contribution in [2.45, 2.75) is 45.3 Å². The summed E-state index contributed by atoms with van der Waals surface area (Å²) in [4.78, 5) is 14.0. The number of pyridine rings is 1. The molecule has 1 unspecified atom stereocenters. The Kier molecular flexibility index (Phi) is 6.74. The first-order chi connectivity index (χ1) is 12.7. The lowest BCUT2D eigenvalue weighted by Crippen LogP contribution is -2.35. The fraction of sp³-hybridized carbons (Fsp3) is 0.600. The van der Waals surface area contributed by atoms with Crippen molar-refractivity contribution in [1.82, 2.24) is 20.2 Å². The average Bonchev–Trinajstić information content (AvgIpc) is 3.11. The van der Waals surface area contributed by atoms with Gasteiger partial charge in [-0.15, -0.1) is 23.7 Å². The maximum atomic E-state index is 4.66. The number of nitrogens with one attached hydrogen (secondary N) is 1. The van der Waals surface area contributed by atoms with Gasteiger partial charge in [-0.05, 0) is 56.3 Å². The SMILES string of the molecule is CCN(C)c1ccc(CN(Cc2nccs2)C2CC23CCNCC3)cn1.Cl. The van der Waals surface area contributed by atoms with Crippen LogP contribution in [0.3, 0.4) is 0 Å². The number of halogens is 1. The van der Waals surface area contributed by atoms with E-state index in [1.165, 1.54) is 42.9 Å². The van der Waals surface area contributed by atoms with Crippen LogP contribution in [0, 0.1) is 5.41 Å². The Morgan fingerprint density at radius 2 is 2.04 bits per heavy atom. The second-order valence-electron chi connectivity index (χ2n) is 7.70. The van der Waals surface area contributed by atoms with Gasteiger partial charge in [0.1, 0.15) is 10.8 Å².